The molecule has 11 nitrogen and oxygen atoms in total. The summed E-state index contributed by atoms with van der Waals surface area (Å²) >= 11 is 8.27. The van der Waals surface area contributed by atoms with Crippen LogP contribution in [-0.4, -0.2) is 87.8 Å². The number of aryl methyl sites for hydroxylation is 1. The standard InChI is InChI=1S/C40H42ClFN6O5S/c1-5-48-28(14-15-45-48)23-51-30-9-7-6-8-27(30)22-33(26(3)49)53-39-36-35(38(32-12-13-34(42)52-32)54-40(36)44-24-43-39)29-10-11-31(37(41)25(29)2)50-21-20-47-18-16-46(4)17-19-47/h6-15,24,33H,5,16-23H2,1-4H3/i22D. The maximum atomic E-state index is 14.3. The number of nitrogens with zero attached hydrogens (tertiary/aromatic N) is 6. The molecular weight excluding hydrogens is 731 g/mol. The van der Waals surface area contributed by atoms with Gasteiger partial charge in [0.15, 0.2) is 11.9 Å². The number of para-hydroxylation sites is 1. The summed E-state index contributed by atoms with van der Waals surface area (Å²) in [6.45, 7) is 11.4. The average Bonchev–Trinajstić information content (AvgIpc) is 3.94. The van der Waals surface area contributed by atoms with Crippen LogP contribution in [0.2, 0.25) is 5.02 Å². The van der Waals surface area contributed by atoms with Gasteiger partial charge >= 0.3 is 0 Å². The molecule has 0 N–H and O–H groups in total. The van der Waals surface area contributed by atoms with Gasteiger partial charge in [0.05, 0.1) is 21.0 Å². The molecule has 14 heteroatoms. The Hall–Kier alpha value is -4.82. The Morgan fingerprint density at radius 2 is 1.89 bits per heavy atom. The van der Waals surface area contributed by atoms with E-state index in [9.17, 15) is 10.6 Å². The first-order valence-corrected chi connectivity index (χ1v) is 19.0. The van der Waals surface area contributed by atoms with Gasteiger partial charge in [-0.15, -0.1) is 11.3 Å². The van der Waals surface area contributed by atoms with Crippen LogP contribution in [-0.2, 0) is 24.3 Å². The van der Waals surface area contributed by atoms with Crippen molar-refractivity contribution in [3.8, 4) is 39.1 Å². The number of rotatable bonds is 15. The van der Waals surface area contributed by atoms with E-state index in [4.69, 9.17) is 30.2 Å². The number of fused-ring (bicyclic) bond motifs is 1. The molecule has 2 aromatic carbocycles. The Bertz CT molecular complexity index is 2290. The number of likely N-dealkylation sites (N-methyl/N-ethyl adjacent to an activating group) is 1. The van der Waals surface area contributed by atoms with Gasteiger partial charge < -0.3 is 23.5 Å². The van der Waals surface area contributed by atoms with Crippen molar-refractivity contribution in [1.29, 1.82) is 0 Å². The summed E-state index contributed by atoms with van der Waals surface area (Å²) in [7, 11) is 2.13. The van der Waals surface area contributed by atoms with Crippen molar-refractivity contribution in [2.24, 2.45) is 0 Å². The number of ether oxygens (including phenoxy) is 3. The van der Waals surface area contributed by atoms with E-state index in [0.29, 0.717) is 67.0 Å². The summed E-state index contributed by atoms with van der Waals surface area (Å²) in [5.74, 6) is 0.974. The molecule has 0 saturated carbocycles. The molecule has 2 atom stereocenters. The number of thiophene rings is 1. The highest BCUT2D eigenvalue weighted by atomic mass is 35.5. The summed E-state index contributed by atoms with van der Waals surface area (Å²) in [5, 5.41) is 5.20. The molecule has 2 unspecified atom stereocenters. The number of aromatic nitrogens is 4. The van der Waals surface area contributed by atoms with Crippen molar-refractivity contribution in [3.05, 3.63) is 95.0 Å². The Balaban J connectivity index is 1.23. The lowest BCUT2D eigenvalue weighted by molar-refractivity contribution is -0.123. The fourth-order valence-corrected chi connectivity index (χ4v) is 7.78. The number of carbonyl (C=O) groups is 1. The summed E-state index contributed by atoms with van der Waals surface area (Å²) in [6.07, 6.45) is 0.589. The lowest BCUT2D eigenvalue weighted by Crippen LogP contribution is -2.45. The molecule has 1 fully saturated rings. The van der Waals surface area contributed by atoms with Gasteiger partial charge in [-0.25, -0.2) is 9.97 Å². The number of halogens is 2. The second-order valence-electron chi connectivity index (χ2n) is 13.1. The van der Waals surface area contributed by atoms with Crippen LogP contribution in [0, 0.1) is 12.9 Å². The molecule has 0 bridgehead atoms. The van der Waals surface area contributed by atoms with Gasteiger partial charge in [-0.3, -0.25) is 14.4 Å². The highest BCUT2D eigenvalue weighted by Crippen LogP contribution is 2.49. The molecule has 5 heterocycles. The molecule has 7 rings (SSSR count). The maximum Gasteiger partial charge on any atom is 0.278 e. The highest BCUT2D eigenvalue weighted by Gasteiger charge is 2.28. The molecule has 6 aromatic rings. The minimum Gasteiger partial charge on any atom is -0.491 e. The molecule has 0 spiro atoms. The fraction of sp³-hybridized carbons (Fsp3) is 0.350. The highest BCUT2D eigenvalue weighted by molar-refractivity contribution is 7.22. The Kier molecular flexibility index (Phi) is 11.2. The van der Waals surface area contributed by atoms with Crippen LogP contribution >= 0.6 is 22.9 Å². The third-order valence-corrected chi connectivity index (χ3v) is 11.1. The normalized spacial score (nSPS) is 15.3. The predicted molar refractivity (Wildman–Crippen MR) is 207 cm³/mol. The van der Waals surface area contributed by atoms with E-state index >= 15 is 0 Å². The average molecular weight is 774 g/mol. The second-order valence-corrected chi connectivity index (χ2v) is 14.5. The predicted octanol–water partition coefficient (Wildman–Crippen LogP) is 7.72. The van der Waals surface area contributed by atoms with E-state index in [2.05, 4.69) is 31.9 Å². The largest absolute Gasteiger partial charge is 0.491 e. The quantitative estimate of drug-likeness (QED) is 0.103. The van der Waals surface area contributed by atoms with Crippen LogP contribution in [0.1, 0.15) is 32.0 Å². The van der Waals surface area contributed by atoms with Crippen LogP contribution in [0.3, 0.4) is 0 Å². The summed E-state index contributed by atoms with van der Waals surface area (Å²) in [5.41, 5.74) is 3.34. The monoisotopic (exact) mass is 773 g/mol. The smallest absolute Gasteiger partial charge is 0.278 e. The fourth-order valence-electron chi connectivity index (χ4n) is 6.45. The number of hydrogen-bond donors (Lipinski definition) is 0. The number of hydrogen-bond acceptors (Lipinski definition) is 11. The van der Waals surface area contributed by atoms with E-state index in [0.717, 1.165) is 38.4 Å². The topological polar surface area (TPSA) is 108 Å². The molecule has 0 aliphatic carbocycles. The minimum atomic E-state index is -1.28. The zero-order valence-corrected chi connectivity index (χ0v) is 32.1. The van der Waals surface area contributed by atoms with Gasteiger partial charge in [-0.05, 0) is 68.8 Å². The SMILES string of the molecule is [2H]C(c1ccccc1OCc1ccnn1CC)C(Oc1ncnc2sc(-c3ccc(F)o3)c(-c3ccc(OCCN4CCN(C)CC4)c(Cl)c3C)c12)C(C)=O. The molecule has 282 valence electrons. The molecule has 1 aliphatic rings. The summed E-state index contributed by atoms with van der Waals surface area (Å²) < 4.78 is 49.8. The maximum absolute atomic E-state index is 14.3. The van der Waals surface area contributed by atoms with Crippen molar-refractivity contribution in [1.82, 2.24) is 29.5 Å². The Morgan fingerprint density at radius 1 is 1.07 bits per heavy atom. The van der Waals surface area contributed by atoms with Crippen LogP contribution in [0.5, 0.6) is 17.4 Å². The van der Waals surface area contributed by atoms with E-state index in [1.165, 1.54) is 30.7 Å². The van der Waals surface area contributed by atoms with E-state index < -0.39 is 18.5 Å². The molecule has 1 aliphatic heterocycles. The van der Waals surface area contributed by atoms with Crippen LogP contribution in [0.4, 0.5) is 4.39 Å². The Morgan fingerprint density at radius 3 is 2.65 bits per heavy atom. The second kappa shape index (κ2) is 16.7. The zero-order valence-electron chi connectivity index (χ0n) is 31.6. The van der Waals surface area contributed by atoms with Crippen LogP contribution in [0.15, 0.2) is 71.5 Å². The van der Waals surface area contributed by atoms with Gasteiger partial charge in [0.2, 0.25) is 5.88 Å². The van der Waals surface area contributed by atoms with Gasteiger partial charge in [0.25, 0.3) is 6.01 Å². The first-order chi connectivity index (χ1) is 26.6. The lowest BCUT2D eigenvalue weighted by Gasteiger charge is -2.32. The van der Waals surface area contributed by atoms with Gasteiger partial charge in [0, 0.05) is 64.9 Å². The van der Waals surface area contributed by atoms with Crippen molar-refractivity contribution in [2.75, 3.05) is 46.4 Å². The molecule has 4 aromatic heterocycles. The number of Topliss-reactive ketones (excluding diaryl/α,β-unsaturated/α-hetero) is 1. The molecule has 0 radical (unpaired) electrons. The van der Waals surface area contributed by atoms with Gasteiger partial charge in [0.1, 0.15) is 41.6 Å². The van der Waals surface area contributed by atoms with Crippen molar-refractivity contribution >= 4 is 38.9 Å². The lowest BCUT2D eigenvalue weighted by atomic mass is 9.97. The Labute approximate surface area is 323 Å². The number of furan rings is 1. The third-order valence-electron chi connectivity index (χ3n) is 9.50. The number of benzene rings is 2. The van der Waals surface area contributed by atoms with E-state index in [1.807, 2.05) is 42.8 Å². The van der Waals surface area contributed by atoms with E-state index in [1.54, 1.807) is 30.5 Å². The van der Waals surface area contributed by atoms with Crippen molar-refractivity contribution < 1.29 is 29.2 Å². The van der Waals surface area contributed by atoms with Gasteiger partial charge in [-0.1, -0.05) is 35.9 Å². The van der Waals surface area contributed by atoms with Crippen LogP contribution < -0.4 is 14.2 Å². The molecule has 54 heavy (non-hydrogen) atoms. The van der Waals surface area contributed by atoms with Gasteiger partial charge in [-0.2, -0.15) is 9.49 Å². The van der Waals surface area contributed by atoms with Crippen molar-refractivity contribution in [2.45, 2.75) is 46.4 Å². The molecule has 0 amide bonds. The summed E-state index contributed by atoms with van der Waals surface area (Å²) in [6, 6.07) is 14.8. The van der Waals surface area contributed by atoms with Crippen LogP contribution in [0.25, 0.3) is 32.0 Å². The number of ketones is 1. The minimum absolute atomic E-state index is 0.0836. The zero-order chi connectivity index (χ0) is 38.6. The molecular formula is C40H42ClFN6O5S. The van der Waals surface area contributed by atoms with E-state index in [-0.39, 0.29) is 24.0 Å². The summed E-state index contributed by atoms with van der Waals surface area (Å²) in [4.78, 5) is 28.1. The van der Waals surface area contributed by atoms with Crippen molar-refractivity contribution in [3.63, 3.8) is 0 Å². The number of carbonyl (C=O) groups excluding carboxylic acids is 1. The third kappa shape index (κ3) is 8.14. The first kappa shape index (κ1) is 36.2. The number of piperazine rings is 1. The first-order valence-electron chi connectivity index (χ1n) is 18.4. The molecule has 1 saturated heterocycles.